The molecule has 0 unspecified atom stereocenters. The van der Waals surface area contributed by atoms with Gasteiger partial charge in [0, 0.05) is 0 Å². The minimum absolute atomic E-state index is 0.0553. The van der Waals surface area contributed by atoms with Crippen molar-refractivity contribution in [2.45, 2.75) is 45.1 Å². The molecule has 20 heavy (non-hydrogen) atoms. The van der Waals surface area contributed by atoms with E-state index in [0.29, 0.717) is 29.8 Å². The average Bonchev–Trinajstić information content (AvgIpc) is 2.90. The van der Waals surface area contributed by atoms with Crippen LogP contribution in [0.1, 0.15) is 47.4 Å². The lowest BCUT2D eigenvalue weighted by molar-refractivity contribution is 0.0921. The Kier molecular flexibility index (Phi) is 3.87. The molecular formula is C13H19N5O2. The average molecular weight is 277 g/mol. The number of hydrogen-bond acceptors (Lipinski definition) is 5. The molecule has 0 atom stereocenters. The molecule has 0 bridgehead atoms. The van der Waals surface area contributed by atoms with Gasteiger partial charge in [0.05, 0.1) is 17.0 Å². The molecule has 1 aliphatic carbocycles. The highest BCUT2D eigenvalue weighted by atomic mass is 16.4. The summed E-state index contributed by atoms with van der Waals surface area (Å²) in [7, 11) is 0. The van der Waals surface area contributed by atoms with Gasteiger partial charge in [-0.1, -0.05) is 18.0 Å². The first-order valence-corrected chi connectivity index (χ1v) is 6.60. The van der Waals surface area contributed by atoms with E-state index in [-0.39, 0.29) is 11.7 Å². The molecule has 0 spiro atoms. The predicted molar refractivity (Wildman–Crippen MR) is 73.6 cm³/mol. The van der Waals surface area contributed by atoms with Crippen LogP contribution in [0.25, 0.3) is 0 Å². The second kappa shape index (κ2) is 5.44. The standard InChI is InChI=1S/C13H19N5O2/c1-8-7-10(9(2)17-16-8)11(19)15-13(12(14)18-20)5-3-4-6-13/h7,20H,3-6H2,1-2H3,(H2,14,18)(H,15,19). The summed E-state index contributed by atoms with van der Waals surface area (Å²) in [4.78, 5) is 12.4. The van der Waals surface area contributed by atoms with Gasteiger partial charge in [0.25, 0.3) is 5.91 Å². The molecule has 0 aliphatic heterocycles. The SMILES string of the molecule is Cc1cc(C(=O)NC2(/C(N)=N/O)CCCC2)c(C)nn1. The predicted octanol–water partition coefficient (Wildman–Crippen LogP) is 0.882. The number of nitrogens with one attached hydrogen (secondary N) is 1. The number of aryl methyl sites for hydroxylation is 2. The third-order valence-electron chi connectivity index (χ3n) is 3.75. The lowest BCUT2D eigenvalue weighted by Crippen LogP contribution is -2.55. The Hall–Kier alpha value is -2.18. The van der Waals surface area contributed by atoms with E-state index < -0.39 is 5.54 Å². The van der Waals surface area contributed by atoms with Crippen molar-refractivity contribution < 1.29 is 10.0 Å². The molecule has 1 amide bonds. The second-order valence-corrected chi connectivity index (χ2v) is 5.21. The number of aromatic nitrogens is 2. The molecule has 0 saturated heterocycles. The van der Waals surface area contributed by atoms with E-state index in [1.165, 1.54) is 0 Å². The van der Waals surface area contributed by atoms with Crippen molar-refractivity contribution in [3.05, 3.63) is 23.0 Å². The van der Waals surface area contributed by atoms with Crippen molar-refractivity contribution in [2.24, 2.45) is 10.9 Å². The molecule has 4 N–H and O–H groups in total. The topological polar surface area (TPSA) is 113 Å². The third-order valence-corrected chi connectivity index (χ3v) is 3.75. The maximum Gasteiger partial charge on any atom is 0.254 e. The van der Waals surface area contributed by atoms with E-state index in [1.54, 1.807) is 19.9 Å². The number of hydrogen-bond donors (Lipinski definition) is 3. The van der Waals surface area contributed by atoms with Crippen LogP contribution >= 0.6 is 0 Å². The van der Waals surface area contributed by atoms with E-state index in [2.05, 4.69) is 20.7 Å². The van der Waals surface area contributed by atoms with Gasteiger partial charge in [-0.25, -0.2) is 0 Å². The second-order valence-electron chi connectivity index (χ2n) is 5.21. The first kappa shape index (κ1) is 14.2. The summed E-state index contributed by atoms with van der Waals surface area (Å²) >= 11 is 0. The minimum Gasteiger partial charge on any atom is -0.409 e. The molecule has 7 heteroatoms. The van der Waals surface area contributed by atoms with Crippen molar-refractivity contribution in [3.8, 4) is 0 Å². The summed E-state index contributed by atoms with van der Waals surface area (Å²) in [5.74, 6) is -0.214. The van der Waals surface area contributed by atoms with Crippen LogP contribution in [-0.4, -0.2) is 32.7 Å². The van der Waals surface area contributed by atoms with E-state index in [0.717, 1.165) is 12.8 Å². The fourth-order valence-corrected chi connectivity index (χ4v) is 2.58. The van der Waals surface area contributed by atoms with Crippen molar-refractivity contribution in [1.29, 1.82) is 0 Å². The lowest BCUT2D eigenvalue weighted by Gasteiger charge is -2.28. The molecule has 1 aliphatic rings. The maximum absolute atomic E-state index is 12.4. The Morgan fingerprint density at radius 3 is 2.65 bits per heavy atom. The van der Waals surface area contributed by atoms with Crippen LogP contribution in [0.4, 0.5) is 0 Å². The number of rotatable bonds is 3. The number of nitrogens with two attached hydrogens (primary N) is 1. The number of nitrogens with zero attached hydrogens (tertiary/aromatic N) is 3. The van der Waals surface area contributed by atoms with Crippen molar-refractivity contribution in [2.75, 3.05) is 0 Å². The Labute approximate surface area is 117 Å². The molecule has 1 aromatic heterocycles. The highest BCUT2D eigenvalue weighted by Gasteiger charge is 2.40. The van der Waals surface area contributed by atoms with E-state index in [1.807, 2.05) is 0 Å². The Bertz CT molecular complexity index is 550. The van der Waals surface area contributed by atoms with Gasteiger partial charge in [-0.2, -0.15) is 10.2 Å². The summed E-state index contributed by atoms with van der Waals surface area (Å²) in [6, 6.07) is 1.69. The largest absolute Gasteiger partial charge is 0.409 e. The molecule has 1 aromatic rings. The van der Waals surface area contributed by atoms with Gasteiger partial charge >= 0.3 is 0 Å². The molecule has 108 valence electrons. The highest BCUT2D eigenvalue weighted by molar-refractivity contribution is 6.01. The monoisotopic (exact) mass is 277 g/mol. The van der Waals surface area contributed by atoms with Crippen LogP contribution in [0.3, 0.4) is 0 Å². The molecule has 0 radical (unpaired) electrons. The zero-order chi connectivity index (χ0) is 14.8. The van der Waals surface area contributed by atoms with E-state index in [9.17, 15) is 4.79 Å². The fraction of sp³-hybridized carbons (Fsp3) is 0.538. The van der Waals surface area contributed by atoms with Gasteiger partial charge in [0.15, 0.2) is 5.84 Å². The normalized spacial score (nSPS) is 18.0. The van der Waals surface area contributed by atoms with Crippen LogP contribution in [0.15, 0.2) is 11.2 Å². The smallest absolute Gasteiger partial charge is 0.254 e. The van der Waals surface area contributed by atoms with Gasteiger partial charge < -0.3 is 16.3 Å². The Morgan fingerprint density at radius 2 is 2.05 bits per heavy atom. The van der Waals surface area contributed by atoms with Gasteiger partial charge in [-0.15, -0.1) is 0 Å². The summed E-state index contributed by atoms with van der Waals surface area (Å²) in [5, 5.41) is 22.8. The lowest BCUT2D eigenvalue weighted by atomic mass is 9.95. The highest BCUT2D eigenvalue weighted by Crippen LogP contribution is 2.30. The number of carbonyl (C=O) groups is 1. The van der Waals surface area contributed by atoms with Crippen molar-refractivity contribution in [3.63, 3.8) is 0 Å². The minimum atomic E-state index is -0.755. The number of amides is 1. The number of oxime groups is 1. The first-order chi connectivity index (χ1) is 9.48. The van der Waals surface area contributed by atoms with Gasteiger partial charge in [0.1, 0.15) is 5.54 Å². The zero-order valence-corrected chi connectivity index (χ0v) is 11.7. The summed E-state index contributed by atoms with van der Waals surface area (Å²) < 4.78 is 0. The molecule has 1 saturated carbocycles. The summed E-state index contributed by atoms with van der Waals surface area (Å²) in [6.45, 7) is 3.50. The molecule has 1 fully saturated rings. The first-order valence-electron chi connectivity index (χ1n) is 6.60. The van der Waals surface area contributed by atoms with Crippen molar-refractivity contribution in [1.82, 2.24) is 15.5 Å². The van der Waals surface area contributed by atoms with E-state index in [4.69, 9.17) is 10.9 Å². The zero-order valence-electron chi connectivity index (χ0n) is 11.7. The molecule has 2 rings (SSSR count). The molecule has 1 heterocycles. The van der Waals surface area contributed by atoms with Gasteiger partial charge in [0.2, 0.25) is 0 Å². The van der Waals surface area contributed by atoms with Crippen LogP contribution in [-0.2, 0) is 0 Å². The van der Waals surface area contributed by atoms with E-state index >= 15 is 0 Å². The van der Waals surface area contributed by atoms with Crippen LogP contribution < -0.4 is 11.1 Å². The molecule has 7 nitrogen and oxygen atoms in total. The van der Waals surface area contributed by atoms with Crippen LogP contribution in [0.5, 0.6) is 0 Å². The molecule has 0 aromatic carbocycles. The fourth-order valence-electron chi connectivity index (χ4n) is 2.58. The van der Waals surface area contributed by atoms with Gasteiger partial charge in [-0.3, -0.25) is 4.79 Å². The molecular weight excluding hydrogens is 258 g/mol. The summed E-state index contributed by atoms with van der Waals surface area (Å²) in [5.41, 5.74) is 6.71. The number of amidine groups is 1. The van der Waals surface area contributed by atoms with Gasteiger partial charge in [-0.05, 0) is 32.8 Å². The third kappa shape index (κ3) is 2.56. The maximum atomic E-state index is 12.4. The number of carbonyl (C=O) groups excluding carboxylic acids is 1. The quantitative estimate of drug-likeness (QED) is 0.328. The van der Waals surface area contributed by atoms with Crippen molar-refractivity contribution >= 4 is 11.7 Å². The summed E-state index contributed by atoms with van der Waals surface area (Å²) in [6.07, 6.45) is 3.21. The van der Waals surface area contributed by atoms with Crippen LogP contribution in [0.2, 0.25) is 0 Å². The van der Waals surface area contributed by atoms with Crippen LogP contribution in [0, 0.1) is 13.8 Å². The Morgan fingerprint density at radius 1 is 1.40 bits per heavy atom. The Balaban J connectivity index is 2.27.